The molecule has 1 saturated heterocycles. The van der Waals surface area contributed by atoms with Gasteiger partial charge in [0.2, 0.25) is 5.91 Å². The van der Waals surface area contributed by atoms with Crippen LogP contribution in [0.1, 0.15) is 41.8 Å². The van der Waals surface area contributed by atoms with Crippen LogP contribution in [0.25, 0.3) is 0 Å². The Labute approximate surface area is 130 Å². The van der Waals surface area contributed by atoms with Gasteiger partial charge in [-0.2, -0.15) is 5.10 Å². The first-order valence-corrected chi connectivity index (χ1v) is 7.75. The molecule has 1 aliphatic heterocycles. The van der Waals surface area contributed by atoms with Gasteiger partial charge in [-0.3, -0.25) is 14.8 Å². The molecule has 1 aromatic carbocycles. The molecule has 5 heteroatoms. The van der Waals surface area contributed by atoms with E-state index in [1.807, 2.05) is 37.3 Å². The van der Waals surface area contributed by atoms with Gasteiger partial charge in [0.1, 0.15) is 6.04 Å². The Bertz CT molecular complexity index is 637. The van der Waals surface area contributed by atoms with Crippen LogP contribution in [-0.4, -0.2) is 34.1 Å². The van der Waals surface area contributed by atoms with Crippen LogP contribution in [0, 0.1) is 6.92 Å². The summed E-state index contributed by atoms with van der Waals surface area (Å²) < 4.78 is 0. The fourth-order valence-electron chi connectivity index (χ4n) is 3.32. The number of benzene rings is 1. The highest BCUT2D eigenvalue weighted by molar-refractivity contribution is 5.81. The summed E-state index contributed by atoms with van der Waals surface area (Å²) in [5.41, 5.74) is 8.80. The summed E-state index contributed by atoms with van der Waals surface area (Å²) >= 11 is 0. The number of H-pyrrole nitrogens is 1. The summed E-state index contributed by atoms with van der Waals surface area (Å²) in [5, 5.41) is 7.39. The van der Waals surface area contributed by atoms with E-state index in [1.54, 1.807) is 0 Å². The monoisotopic (exact) mass is 298 g/mol. The molecular weight excluding hydrogens is 276 g/mol. The second-order valence-electron chi connectivity index (χ2n) is 6.03. The molecule has 2 atom stereocenters. The Balaban J connectivity index is 1.81. The van der Waals surface area contributed by atoms with Crippen molar-refractivity contribution in [3.8, 4) is 0 Å². The van der Waals surface area contributed by atoms with Gasteiger partial charge >= 0.3 is 0 Å². The second-order valence-corrected chi connectivity index (χ2v) is 6.03. The number of piperidine rings is 1. The van der Waals surface area contributed by atoms with E-state index in [0.29, 0.717) is 5.92 Å². The van der Waals surface area contributed by atoms with Gasteiger partial charge in [0.15, 0.2) is 0 Å². The highest BCUT2D eigenvalue weighted by Crippen LogP contribution is 2.31. The topological polar surface area (TPSA) is 75.0 Å². The fraction of sp³-hybridized carbons (Fsp3) is 0.412. The van der Waals surface area contributed by atoms with Gasteiger partial charge in [-0.25, -0.2) is 0 Å². The Morgan fingerprint density at radius 2 is 2.18 bits per heavy atom. The number of carbonyl (C=O) groups excluding carboxylic acids is 1. The number of hydrogen-bond donors (Lipinski definition) is 2. The number of aromatic nitrogens is 2. The summed E-state index contributed by atoms with van der Waals surface area (Å²) in [7, 11) is 0. The zero-order valence-corrected chi connectivity index (χ0v) is 12.8. The van der Waals surface area contributed by atoms with Crippen LogP contribution in [0.3, 0.4) is 0 Å². The summed E-state index contributed by atoms with van der Waals surface area (Å²) in [6, 6.07) is 11.5. The van der Waals surface area contributed by atoms with Gasteiger partial charge < -0.3 is 5.73 Å². The van der Waals surface area contributed by atoms with E-state index >= 15 is 0 Å². The zero-order valence-electron chi connectivity index (χ0n) is 12.8. The van der Waals surface area contributed by atoms with E-state index in [4.69, 9.17) is 5.73 Å². The second kappa shape index (κ2) is 6.32. The van der Waals surface area contributed by atoms with Crippen molar-refractivity contribution in [1.29, 1.82) is 0 Å². The van der Waals surface area contributed by atoms with Crippen LogP contribution in [0.4, 0.5) is 0 Å². The number of rotatable bonds is 4. The SMILES string of the molecule is Cc1cc([C@@H]2CCCN([C@@H](C(N)=O)c3ccccc3)C2)n[nH]1. The van der Waals surface area contributed by atoms with E-state index in [1.165, 1.54) is 0 Å². The largest absolute Gasteiger partial charge is 0.368 e. The number of aryl methyl sites for hydroxylation is 1. The lowest BCUT2D eigenvalue weighted by atomic mass is 9.92. The minimum Gasteiger partial charge on any atom is -0.368 e. The number of likely N-dealkylation sites (tertiary alicyclic amines) is 1. The molecule has 1 aromatic heterocycles. The van der Waals surface area contributed by atoms with E-state index in [-0.39, 0.29) is 11.9 Å². The van der Waals surface area contributed by atoms with Gasteiger partial charge in [-0.15, -0.1) is 0 Å². The summed E-state index contributed by atoms with van der Waals surface area (Å²) in [6.07, 6.45) is 2.15. The van der Waals surface area contributed by atoms with Crippen molar-refractivity contribution in [3.63, 3.8) is 0 Å². The number of nitrogens with two attached hydrogens (primary N) is 1. The Hall–Kier alpha value is -2.14. The average molecular weight is 298 g/mol. The van der Waals surface area contributed by atoms with Gasteiger partial charge in [0.05, 0.1) is 5.69 Å². The molecular formula is C17H22N4O. The number of aromatic amines is 1. The molecule has 116 valence electrons. The zero-order chi connectivity index (χ0) is 15.5. The van der Waals surface area contributed by atoms with Crippen LogP contribution in [-0.2, 0) is 4.79 Å². The maximum Gasteiger partial charge on any atom is 0.239 e. The number of nitrogens with zero attached hydrogens (tertiary/aromatic N) is 2. The number of primary amides is 1. The molecule has 2 aromatic rings. The summed E-state index contributed by atoms with van der Waals surface area (Å²) in [6.45, 7) is 3.71. The van der Waals surface area contributed by atoms with Gasteiger partial charge in [-0.1, -0.05) is 30.3 Å². The van der Waals surface area contributed by atoms with Crippen molar-refractivity contribution in [3.05, 3.63) is 53.3 Å². The number of hydrogen-bond acceptors (Lipinski definition) is 3. The Kier molecular flexibility index (Phi) is 4.24. The van der Waals surface area contributed by atoms with Gasteiger partial charge in [0.25, 0.3) is 0 Å². The van der Waals surface area contributed by atoms with Crippen LogP contribution in [0.2, 0.25) is 0 Å². The van der Waals surface area contributed by atoms with E-state index in [9.17, 15) is 4.79 Å². The molecule has 1 fully saturated rings. The maximum atomic E-state index is 12.0. The van der Waals surface area contributed by atoms with Crippen molar-refractivity contribution in [2.75, 3.05) is 13.1 Å². The third-order valence-electron chi connectivity index (χ3n) is 4.35. The highest BCUT2D eigenvalue weighted by Gasteiger charge is 2.31. The predicted molar refractivity (Wildman–Crippen MR) is 85.3 cm³/mol. The Morgan fingerprint density at radius 3 is 2.82 bits per heavy atom. The number of nitrogens with one attached hydrogen (secondary N) is 1. The van der Waals surface area contributed by atoms with Crippen LogP contribution in [0.5, 0.6) is 0 Å². The molecule has 0 aliphatic carbocycles. The van der Waals surface area contributed by atoms with Crippen molar-refractivity contribution in [2.45, 2.75) is 31.7 Å². The number of amides is 1. The molecule has 5 nitrogen and oxygen atoms in total. The molecule has 0 unspecified atom stereocenters. The quantitative estimate of drug-likeness (QED) is 0.908. The molecule has 0 bridgehead atoms. The average Bonchev–Trinajstić information content (AvgIpc) is 2.95. The lowest BCUT2D eigenvalue weighted by Gasteiger charge is -2.36. The van der Waals surface area contributed by atoms with Gasteiger partial charge in [0, 0.05) is 18.2 Å². The minimum absolute atomic E-state index is 0.287. The Morgan fingerprint density at radius 1 is 1.41 bits per heavy atom. The molecule has 2 heterocycles. The molecule has 3 rings (SSSR count). The molecule has 3 N–H and O–H groups in total. The maximum absolute atomic E-state index is 12.0. The van der Waals surface area contributed by atoms with Crippen molar-refractivity contribution < 1.29 is 4.79 Å². The van der Waals surface area contributed by atoms with Crippen molar-refractivity contribution >= 4 is 5.91 Å². The lowest BCUT2D eigenvalue weighted by molar-refractivity contribution is -0.124. The van der Waals surface area contributed by atoms with Crippen LogP contribution >= 0.6 is 0 Å². The standard InChI is InChI=1S/C17H22N4O/c1-12-10-15(20-19-12)14-8-5-9-21(11-14)16(17(18)22)13-6-3-2-4-7-13/h2-4,6-7,10,14,16H,5,8-9,11H2,1H3,(H2,18,22)(H,19,20)/t14-,16-/m1/s1. The van der Waals surface area contributed by atoms with E-state index < -0.39 is 0 Å². The fourth-order valence-corrected chi connectivity index (χ4v) is 3.32. The predicted octanol–water partition coefficient (Wildman–Crippen LogP) is 2.12. The van der Waals surface area contributed by atoms with Crippen LogP contribution < -0.4 is 5.73 Å². The first kappa shape index (κ1) is 14.8. The first-order valence-electron chi connectivity index (χ1n) is 7.75. The molecule has 0 radical (unpaired) electrons. The van der Waals surface area contributed by atoms with E-state index in [0.717, 1.165) is 42.9 Å². The molecule has 0 spiro atoms. The molecule has 1 amide bonds. The van der Waals surface area contributed by atoms with Gasteiger partial charge in [-0.05, 0) is 37.9 Å². The third kappa shape index (κ3) is 3.04. The lowest BCUT2D eigenvalue weighted by Crippen LogP contribution is -2.43. The van der Waals surface area contributed by atoms with Crippen LogP contribution in [0.15, 0.2) is 36.4 Å². The van der Waals surface area contributed by atoms with E-state index in [2.05, 4.69) is 21.2 Å². The summed E-state index contributed by atoms with van der Waals surface area (Å²) in [4.78, 5) is 14.2. The number of carbonyl (C=O) groups is 1. The normalized spacial score (nSPS) is 20.7. The minimum atomic E-state index is -0.357. The summed E-state index contributed by atoms with van der Waals surface area (Å²) in [5.74, 6) is 0.0642. The highest BCUT2D eigenvalue weighted by atomic mass is 16.1. The molecule has 1 aliphatic rings. The molecule has 0 saturated carbocycles. The first-order chi connectivity index (χ1) is 10.6. The molecule has 22 heavy (non-hydrogen) atoms. The smallest absolute Gasteiger partial charge is 0.239 e. The van der Waals surface area contributed by atoms with Crippen molar-refractivity contribution in [2.24, 2.45) is 5.73 Å². The van der Waals surface area contributed by atoms with Crippen molar-refractivity contribution in [1.82, 2.24) is 15.1 Å². The third-order valence-corrected chi connectivity index (χ3v) is 4.35.